The lowest BCUT2D eigenvalue weighted by atomic mass is 9.88. The number of methoxy groups -OCH3 is 2. The monoisotopic (exact) mass is 369 g/mol. The van der Waals surface area contributed by atoms with Crippen LogP contribution in [0.5, 0.6) is 11.5 Å². The Morgan fingerprint density at radius 3 is 2.48 bits per heavy atom. The summed E-state index contributed by atoms with van der Waals surface area (Å²) < 4.78 is 11.0. The molecule has 1 aliphatic rings. The maximum atomic E-state index is 12.7. The van der Waals surface area contributed by atoms with E-state index in [0.717, 1.165) is 31.0 Å². The third-order valence-electron chi connectivity index (χ3n) is 5.48. The molecule has 0 bridgehead atoms. The summed E-state index contributed by atoms with van der Waals surface area (Å²) >= 11 is 0. The van der Waals surface area contributed by atoms with Gasteiger partial charge in [0.05, 0.1) is 33.4 Å². The molecule has 2 aromatic carbocycles. The lowest BCUT2D eigenvalue weighted by Gasteiger charge is -2.37. The second-order valence-corrected chi connectivity index (χ2v) is 7.02. The van der Waals surface area contributed by atoms with Gasteiger partial charge in [-0.3, -0.25) is 4.79 Å². The van der Waals surface area contributed by atoms with Crippen molar-refractivity contribution < 1.29 is 19.2 Å². The van der Waals surface area contributed by atoms with E-state index in [2.05, 4.69) is 31.3 Å². The van der Waals surface area contributed by atoms with Crippen LogP contribution >= 0.6 is 0 Å². The number of fused-ring (bicyclic) bond motifs is 1. The number of carbonyl (C=O) groups excluding carboxylic acids is 1. The molecule has 5 heteroatoms. The van der Waals surface area contributed by atoms with Crippen molar-refractivity contribution in [3.63, 3.8) is 0 Å². The van der Waals surface area contributed by atoms with Gasteiger partial charge in [-0.15, -0.1) is 0 Å². The number of carbonyl (C=O) groups is 1. The first-order valence-corrected chi connectivity index (χ1v) is 9.54. The van der Waals surface area contributed by atoms with Crippen LogP contribution in [-0.4, -0.2) is 39.3 Å². The van der Waals surface area contributed by atoms with E-state index in [1.54, 1.807) is 14.2 Å². The molecule has 5 nitrogen and oxygen atoms in total. The van der Waals surface area contributed by atoms with Crippen LogP contribution in [0.4, 0.5) is 0 Å². The van der Waals surface area contributed by atoms with Crippen LogP contribution in [0.3, 0.4) is 0 Å². The minimum absolute atomic E-state index is 0.00944. The largest absolute Gasteiger partial charge is 0.493 e. The molecule has 144 valence electrons. The molecule has 1 amide bonds. The highest BCUT2D eigenvalue weighted by Gasteiger charge is 2.36. The SMILES string of the molecule is CC[NH+]1CCc2cc(OC)c(OC)cc2[C@@H]1[C@@H](C)NC(=O)c1ccccc1. The molecule has 1 aliphatic heterocycles. The van der Waals surface area contributed by atoms with Gasteiger partial charge < -0.3 is 19.7 Å². The van der Waals surface area contributed by atoms with Gasteiger partial charge >= 0.3 is 0 Å². The molecule has 0 spiro atoms. The van der Waals surface area contributed by atoms with Crippen molar-refractivity contribution >= 4 is 5.91 Å². The number of ether oxygens (including phenoxy) is 2. The van der Waals surface area contributed by atoms with Crippen molar-refractivity contribution in [1.82, 2.24) is 5.32 Å². The standard InChI is InChI=1S/C22H28N2O3/c1-5-24-12-11-17-13-19(26-3)20(27-4)14-18(17)21(24)15(2)23-22(25)16-9-7-6-8-10-16/h6-10,13-15,21H,5,11-12H2,1-4H3,(H,23,25)/p+1/t15-,21+/m1/s1. The molecule has 2 N–H and O–H groups in total. The topological polar surface area (TPSA) is 52.0 Å². The van der Waals surface area contributed by atoms with Gasteiger partial charge in [0.2, 0.25) is 0 Å². The summed E-state index contributed by atoms with van der Waals surface area (Å²) in [5, 5.41) is 3.21. The van der Waals surface area contributed by atoms with Crippen molar-refractivity contribution in [3.05, 3.63) is 59.2 Å². The lowest BCUT2D eigenvalue weighted by molar-refractivity contribution is -0.933. The molecule has 2 aromatic rings. The Kier molecular flexibility index (Phi) is 6.01. The predicted octanol–water partition coefficient (Wildman–Crippen LogP) is 2.02. The van der Waals surface area contributed by atoms with Crippen LogP contribution in [0.15, 0.2) is 42.5 Å². The molecule has 3 rings (SSSR count). The number of amides is 1. The zero-order valence-corrected chi connectivity index (χ0v) is 16.5. The molecule has 0 saturated heterocycles. The van der Waals surface area contributed by atoms with Gasteiger partial charge in [-0.05, 0) is 43.7 Å². The zero-order chi connectivity index (χ0) is 19.4. The third kappa shape index (κ3) is 3.93. The summed E-state index contributed by atoms with van der Waals surface area (Å²) in [5.74, 6) is 1.46. The van der Waals surface area contributed by atoms with Crippen molar-refractivity contribution in [2.75, 3.05) is 27.3 Å². The Morgan fingerprint density at radius 1 is 1.19 bits per heavy atom. The number of likely N-dealkylation sites (N-methyl/N-ethyl adjacent to an activating group) is 1. The van der Waals surface area contributed by atoms with Gasteiger partial charge in [-0.25, -0.2) is 0 Å². The fourth-order valence-electron chi connectivity index (χ4n) is 4.10. The van der Waals surface area contributed by atoms with Crippen LogP contribution in [0.25, 0.3) is 0 Å². The highest BCUT2D eigenvalue weighted by atomic mass is 16.5. The fraction of sp³-hybridized carbons (Fsp3) is 0.409. The normalized spacial score (nSPS) is 19.7. The third-order valence-corrected chi connectivity index (χ3v) is 5.48. The highest BCUT2D eigenvalue weighted by molar-refractivity contribution is 5.94. The van der Waals surface area contributed by atoms with E-state index in [0.29, 0.717) is 5.56 Å². The molecule has 0 aliphatic carbocycles. The second kappa shape index (κ2) is 8.44. The van der Waals surface area contributed by atoms with Gasteiger partial charge in [0.15, 0.2) is 11.5 Å². The van der Waals surface area contributed by atoms with Gasteiger partial charge in [0.1, 0.15) is 6.04 Å². The maximum absolute atomic E-state index is 12.7. The summed E-state index contributed by atoms with van der Waals surface area (Å²) in [5.41, 5.74) is 3.19. The predicted molar refractivity (Wildman–Crippen MR) is 106 cm³/mol. The average Bonchev–Trinajstić information content (AvgIpc) is 2.72. The number of hydrogen-bond acceptors (Lipinski definition) is 3. The summed E-state index contributed by atoms with van der Waals surface area (Å²) in [6, 6.07) is 13.7. The van der Waals surface area contributed by atoms with E-state index in [1.807, 2.05) is 30.3 Å². The molecule has 0 fully saturated rings. The molecule has 27 heavy (non-hydrogen) atoms. The number of hydrogen-bond donors (Lipinski definition) is 2. The number of rotatable bonds is 6. The van der Waals surface area contributed by atoms with E-state index in [1.165, 1.54) is 16.0 Å². The van der Waals surface area contributed by atoms with Crippen LogP contribution in [0.1, 0.15) is 41.4 Å². The Hall–Kier alpha value is -2.53. The van der Waals surface area contributed by atoms with Gasteiger partial charge in [-0.2, -0.15) is 0 Å². The molecule has 0 saturated carbocycles. The van der Waals surface area contributed by atoms with Gasteiger partial charge in [-0.1, -0.05) is 18.2 Å². The van der Waals surface area contributed by atoms with Crippen LogP contribution < -0.4 is 19.7 Å². The lowest BCUT2D eigenvalue weighted by Crippen LogP contribution is -3.14. The summed E-state index contributed by atoms with van der Waals surface area (Å²) in [6.07, 6.45) is 0.995. The highest BCUT2D eigenvalue weighted by Crippen LogP contribution is 2.35. The van der Waals surface area contributed by atoms with Crippen molar-refractivity contribution in [3.8, 4) is 11.5 Å². The molecular formula is C22H29N2O3+. The molecular weight excluding hydrogens is 340 g/mol. The minimum atomic E-state index is -0.0360. The van der Waals surface area contributed by atoms with Gasteiger partial charge in [0, 0.05) is 17.5 Å². The van der Waals surface area contributed by atoms with E-state index in [4.69, 9.17) is 9.47 Å². The molecule has 3 atom stereocenters. The first-order chi connectivity index (χ1) is 13.1. The summed E-state index contributed by atoms with van der Waals surface area (Å²) in [4.78, 5) is 14.1. The van der Waals surface area contributed by atoms with Gasteiger partial charge in [0.25, 0.3) is 5.91 Å². The average molecular weight is 369 g/mol. The smallest absolute Gasteiger partial charge is 0.251 e. The minimum Gasteiger partial charge on any atom is -0.493 e. The van der Waals surface area contributed by atoms with E-state index in [-0.39, 0.29) is 18.0 Å². The Balaban J connectivity index is 1.92. The molecule has 0 aromatic heterocycles. The zero-order valence-electron chi connectivity index (χ0n) is 16.5. The Bertz CT molecular complexity index is 792. The Labute approximate surface area is 161 Å². The molecule has 1 unspecified atom stereocenters. The van der Waals surface area contributed by atoms with E-state index < -0.39 is 0 Å². The summed E-state index contributed by atoms with van der Waals surface area (Å²) in [7, 11) is 3.32. The fourth-order valence-corrected chi connectivity index (χ4v) is 4.10. The summed E-state index contributed by atoms with van der Waals surface area (Å²) in [6.45, 7) is 6.33. The number of benzene rings is 2. The number of quaternary nitrogens is 1. The maximum Gasteiger partial charge on any atom is 0.251 e. The van der Waals surface area contributed by atoms with E-state index in [9.17, 15) is 4.79 Å². The van der Waals surface area contributed by atoms with Crippen LogP contribution in [0, 0.1) is 0 Å². The van der Waals surface area contributed by atoms with Crippen molar-refractivity contribution in [2.24, 2.45) is 0 Å². The van der Waals surface area contributed by atoms with Crippen molar-refractivity contribution in [2.45, 2.75) is 32.4 Å². The Morgan fingerprint density at radius 2 is 1.85 bits per heavy atom. The molecule has 0 radical (unpaired) electrons. The van der Waals surface area contributed by atoms with Crippen LogP contribution in [-0.2, 0) is 6.42 Å². The first kappa shape index (κ1) is 19.2. The second-order valence-electron chi connectivity index (χ2n) is 7.02. The molecule has 1 heterocycles. The number of nitrogens with one attached hydrogen (secondary N) is 2. The van der Waals surface area contributed by atoms with Crippen molar-refractivity contribution in [1.29, 1.82) is 0 Å². The van der Waals surface area contributed by atoms with E-state index >= 15 is 0 Å². The first-order valence-electron chi connectivity index (χ1n) is 9.54. The van der Waals surface area contributed by atoms with Crippen LogP contribution in [0.2, 0.25) is 0 Å². The quantitative estimate of drug-likeness (QED) is 0.819.